The number of thiocarbonyl (C=S) groups is 1. The number of aliphatic hydroxyl groups excluding tert-OH is 1. The predicted octanol–water partition coefficient (Wildman–Crippen LogP) is 0.980. The molecular formula is C3H7NaO2S. The van der Waals surface area contributed by atoms with Gasteiger partial charge in [0, 0.05) is 12.2 Å². The molecule has 0 saturated heterocycles. The standard InChI is InChI=1S/C2H5.CH2O2S.Na/c1-2;2-1(3)4;/h1H2,2H3;(H2,2,3,4);. The Labute approximate surface area is 66.0 Å². The normalized spacial score (nSPS) is 6.14. The Morgan fingerprint density at radius 2 is 1.71 bits per heavy atom. The first-order valence-electron chi connectivity index (χ1n) is 2.07. The SMILES string of the molecule is C[CH2][Na].OC(O)=S. The fourth-order valence-corrected chi connectivity index (χ4v) is 0. The molecule has 0 aromatic carbocycles. The Kier molecular flexibility index (Phi) is 15.0. The topological polar surface area (TPSA) is 40.5 Å². The average Bonchev–Trinajstić information content (AvgIpc) is 1.33. The Bertz CT molecular complexity index is 44.2. The van der Waals surface area contributed by atoms with Gasteiger partial charge in [-0.15, -0.1) is 0 Å². The molecule has 0 aromatic heterocycles. The molecule has 0 amide bonds. The molecule has 0 aromatic rings. The number of aliphatic hydroxyl groups is 2. The van der Waals surface area contributed by atoms with E-state index in [1.54, 1.807) is 0 Å². The summed E-state index contributed by atoms with van der Waals surface area (Å²) in [7, 11) is 0. The summed E-state index contributed by atoms with van der Waals surface area (Å²) in [6, 6.07) is 0. The fourth-order valence-electron chi connectivity index (χ4n) is 0. The van der Waals surface area contributed by atoms with Gasteiger partial charge in [0.05, 0.1) is 0 Å². The fraction of sp³-hybridized carbons (Fsp3) is 0.667. The molecule has 0 rings (SSSR count). The number of hydrogen-bond acceptors (Lipinski definition) is 1. The first kappa shape index (κ1) is 10.6. The molecule has 0 aliphatic heterocycles. The number of hydrogen-bond donors (Lipinski definition) is 2. The van der Waals surface area contributed by atoms with E-state index in [-0.39, 0.29) is 0 Å². The molecule has 4 heteroatoms. The van der Waals surface area contributed by atoms with Crippen LogP contribution >= 0.6 is 12.2 Å². The maximum absolute atomic E-state index is 7.34. The van der Waals surface area contributed by atoms with Crippen LogP contribution in [0.3, 0.4) is 0 Å². The van der Waals surface area contributed by atoms with Crippen molar-refractivity contribution in [1.82, 2.24) is 0 Å². The average molecular weight is 130 g/mol. The van der Waals surface area contributed by atoms with Crippen molar-refractivity contribution in [2.75, 3.05) is 0 Å². The van der Waals surface area contributed by atoms with Crippen LogP contribution in [0.25, 0.3) is 0 Å². The van der Waals surface area contributed by atoms with Crippen molar-refractivity contribution < 1.29 is 10.2 Å². The van der Waals surface area contributed by atoms with Crippen LogP contribution in [0, 0.1) is 0 Å². The van der Waals surface area contributed by atoms with Crippen molar-refractivity contribution in [3.05, 3.63) is 0 Å². The van der Waals surface area contributed by atoms with Gasteiger partial charge in [-0.25, -0.2) is 0 Å². The summed E-state index contributed by atoms with van der Waals surface area (Å²) < 4.78 is 1.39. The molecule has 0 aliphatic rings. The Morgan fingerprint density at radius 3 is 1.71 bits per heavy atom. The van der Waals surface area contributed by atoms with Gasteiger partial charge in [0.25, 0.3) is 0 Å². The summed E-state index contributed by atoms with van der Waals surface area (Å²) in [5, 5.41) is 13.7. The second-order valence-electron chi connectivity index (χ2n) is 0.990. The summed E-state index contributed by atoms with van der Waals surface area (Å²) in [4.78, 5) is 0. The van der Waals surface area contributed by atoms with Gasteiger partial charge in [0.1, 0.15) is 0 Å². The first-order valence-corrected chi connectivity index (χ1v) is 3.89. The van der Waals surface area contributed by atoms with Crippen molar-refractivity contribution in [2.45, 2.75) is 10.6 Å². The molecule has 0 saturated carbocycles. The van der Waals surface area contributed by atoms with Gasteiger partial charge < -0.3 is 10.2 Å². The molecule has 7 heavy (non-hydrogen) atoms. The van der Waals surface area contributed by atoms with Crippen LogP contribution in [0.2, 0.25) is 3.67 Å². The van der Waals surface area contributed by atoms with Gasteiger partial charge in [0.2, 0.25) is 0 Å². The van der Waals surface area contributed by atoms with Gasteiger partial charge in [-0.2, -0.15) is 0 Å². The van der Waals surface area contributed by atoms with Crippen LogP contribution in [-0.4, -0.2) is 43.4 Å². The second-order valence-corrected chi connectivity index (χ2v) is 2.77. The summed E-state index contributed by atoms with van der Waals surface area (Å²) in [6.07, 6.45) is 0. The summed E-state index contributed by atoms with van der Waals surface area (Å²) in [5.74, 6) is 0. The minimum Gasteiger partial charge on any atom is -0.473 e. The first-order chi connectivity index (χ1) is 3.15. The van der Waals surface area contributed by atoms with E-state index in [2.05, 4.69) is 19.1 Å². The monoisotopic (exact) mass is 130 g/mol. The van der Waals surface area contributed by atoms with E-state index in [0.29, 0.717) is 0 Å². The summed E-state index contributed by atoms with van der Waals surface area (Å²) >= 11 is 5.02. The van der Waals surface area contributed by atoms with E-state index in [0.717, 1.165) is 0 Å². The third kappa shape index (κ3) is 309. The van der Waals surface area contributed by atoms with Crippen LogP contribution in [0.15, 0.2) is 0 Å². The zero-order valence-electron chi connectivity index (χ0n) is 4.51. The molecule has 0 atom stereocenters. The predicted molar refractivity (Wildman–Crippen MR) is 34.1 cm³/mol. The van der Waals surface area contributed by atoms with Gasteiger partial charge >= 0.3 is 43.8 Å². The molecule has 2 N–H and O–H groups in total. The van der Waals surface area contributed by atoms with E-state index in [1.165, 1.54) is 31.6 Å². The maximum Gasteiger partial charge on any atom is 0.347 e. The van der Waals surface area contributed by atoms with E-state index < -0.39 is 5.24 Å². The number of rotatable bonds is 0. The van der Waals surface area contributed by atoms with Crippen molar-refractivity contribution in [3.8, 4) is 0 Å². The van der Waals surface area contributed by atoms with Gasteiger partial charge in [0.15, 0.2) is 0 Å². The molecular weight excluding hydrogens is 123 g/mol. The van der Waals surface area contributed by atoms with Crippen LogP contribution < -0.4 is 0 Å². The second kappa shape index (κ2) is 9.85. The molecule has 2 nitrogen and oxygen atoms in total. The van der Waals surface area contributed by atoms with Gasteiger partial charge in [-0.05, 0) is 0 Å². The zero-order chi connectivity index (χ0) is 6.28. The summed E-state index contributed by atoms with van der Waals surface area (Å²) in [6.45, 7) is 2.19. The van der Waals surface area contributed by atoms with Gasteiger partial charge in [-0.3, -0.25) is 0 Å². The van der Waals surface area contributed by atoms with E-state index in [1.807, 2.05) is 0 Å². The molecule has 38 valence electrons. The molecule has 0 heterocycles. The Balaban J connectivity index is 0. The summed E-state index contributed by atoms with van der Waals surface area (Å²) in [5.41, 5.74) is 0. The van der Waals surface area contributed by atoms with Gasteiger partial charge in [-0.1, -0.05) is 0 Å². The minimum atomic E-state index is -1.000. The van der Waals surface area contributed by atoms with E-state index in [4.69, 9.17) is 10.2 Å². The largest absolute Gasteiger partial charge is 0.473 e. The molecule has 0 radical (unpaired) electrons. The zero-order valence-corrected chi connectivity index (χ0v) is 7.33. The van der Waals surface area contributed by atoms with Crippen molar-refractivity contribution >= 4 is 45.4 Å². The molecule has 0 unspecified atom stereocenters. The van der Waals surface area contributed by atoms with Crippen LogP contribution in [0.1, 0.15) is 6.92 Å². The quantitative estimate of drug-likeness (QED) is 0.379. The Morgan fingerprint density at radius 1 is 1.71 bits per heavy atom. The van der Waals surface area contributed by atoms with Crippen LogP contribution in [-0.2, 0) is 0 Å². The maximum atomic E-state index is 7.34. The van der Waals surface area contributed by atoms with Crippen molar-refractivity contribution in [3.63, 3.8) is 0 Å². The molecule has 0 fully saturated rings. The molecule has 0 spiro atoms. The Hall–Kier alpha value is 0.690. The molecule has 0 bridgehead atoms. The van der Waals surface area contributed by atoms with Crippen LogP contribution in [0.4, 0.5) is 0 Å². The molecule has 0 aliphatic carbocycles. The minimum absolute atomic E-state index is 1.000. The van der Waals surface area contributed by atoms with E-state index in [9.17, 15) is 0 Å². The van der Waals surface area contributed by atoms with Crippen molar-refractivity contribution in [2.24, 2.45) is 0 Å². The third-order valence-electron chi connectivity index (χ3n) is 0. The smallest absolute Gasteiger partial charge is 0.347 e. The van der Waals surface area contributed by atoms with Crippen molar-refractivity contribution in [1.29, 1.82) is 0 Å². The van der Waals surface area contributed by atoms with E-state index >= 15 is 0 Å². The van der Waals surface area contributed by atoms with Crippen LogP contribution in [0.5, 0.6) is 0 Å². The third-order valence-corrected chi connectivity index (χ3v) is 0.